The van der Waals surface area contributed by atoms with Gasteiger partial charge in [-0.3, -0.25) is 0 Å². The van der Waals surface area contributed by atoms with E-state index in [0.717, 1.165) is 15.9 Å². The Labute approximate surface area is 121 Å². The lowest BCUT2D eigenvalue weighted by molar-refractivity contribution is 0.367. The molecule has 100 valence electrons. The number of benzene rings is 1. The molecule has 1 aliphatic carbocycles. The van der Waals surface area contributed by atoms with Gasteiger partial charge in [-0.05, 0) is 53.4 Å². The summed E-state index contributed by atoms with van der Waals surface area (Å²) in [6.07, 6.45) is 6.24. The second kappa shape index (κ2) is 5.45. The average Bonchev–Trinajstić information content (AvgIpc) is 2.89. The molecule has 0 unspecified atom stereocenters. The molecule has 2 aromatic rings. The van der Waals surface area contributed by atoms with Crippen molar-refractivity contribution in [2.75, 3.05) is 0 Å². The molecule has 0 bridgehead atoms. The zero-order chi connectivity index (χ0) is 13.2. The van der Waals surface area contributed by atoms with E-state index in [1.165, 1.54) is 37.7 Å². The summed E-state index contributed by atoms with van der Waals surface area (Å²) in [7, 11) is 0. The Hall–Kier alpha value is -1.16. The smallest absolute Gasteiger partial charge is 0.248 e. The van der Waals surface area contributed by atoms with Crippen molar-refractivity contribution >= 4 is 15.9 Å². The van der Waals surface area contributed by atoms with E-state index >= 15 is 0 Å². The molecule has 0 spiro atoms. The molecule has 4 heteroatoms. The van der Waals surface area contributed by atoms with Crippen molar-refractivity contribution in [1.82, 2.24) is 10.2 Å². The number of hydrogen-bond acceptors (Lipinski definition) is 3. The van der Waals surface area contributed by atoms with Crippen molar-refractivity contribution in [3.8, 4) is 11.5 Å². The zero-order valence-electron chi connectivity index (χ0n) is 11.0. The molecule has 0 N–H and O–H groups in total. The Kier molecular flexibility index (Phi) is 3.69. The molecular weight excluding hydrogens is 304 g/mol. The van der Waals surface area contributed by atoms with Gasteiger partial charge in [0.2, 0.25) is 11.8 Å². The van der Waals surface area contributed by atoms with Crippen LogP contribution in [0.15, 0.2) is 27.1 Å². The third kappa shape index (κ3) is 2.73. The van der Waals surface area contributed by atoms with Crippen LogP contribution in [0.1, 0.15) is 49.5 Å². The molecule has 0 amide bonds. The molecule has 1 saturated carbocycles. The number of rotatable bonds is 2. The molecule has 3 nitrogen and oxygen atoms in total. The molecule has 1 aliphatic rings. The Morgan fingerprint density at radius 3 is 2.68 bits per heavy atom. The number of nitrogens with zero attached hydrogens (tertiary/aromatic N) is 2. The molecule has 1 aromatic heterocycles. The average molecular weight is 321 g/mol. The lowest BCUT2D eigenvalue weighted by atomic mass is 9.89. The van der Waals surface area contributed by atoms with Gasteiger partial charge in [0.25, 0.3) is 0 Å². The first-order valence-corrected chi connectivity index (χ1v) is 7.63. The maximum Gasteiger partial charge on any atom is 0.248 e. The van der Waals surface area contributed by atoms with Crippen LogP contribution in [0.25, 0.3) is 11.5 Å². The van der Waals surface area contributed by atoms with E-state index in [1.807, 2.05) is 6.07 Å². The summed E-state index contributed by atoms with van der Waals surface area (Å²) in [6, 6.07) is 6.15. The molecule has 0 radical (unpaired) electrons. The fourth-order valence-corrected chi connectivity index (χ4v) is 3.31. The molecule has 0 atom stereocenters. The standard InChI is InChI=1S/C15H17BrN2O/c1-10-7-8-12(13(16)9-10)15-18-17-14(19-15)11-5-3-2-4-6-11/h7-9,11H,2-6H2,1H3. The molecular formula is C15H17BrN2O. The van der Waals surface area contributed by atoms with Gasteiger partial charge in [-0.25, -0.2) is 0 Å². The van der Waals surface area contributed by atoms with Crippen LogP contribution in [0.5, 0.6) is 0 Å². The van der Waals surface area contributed by atoms with Crippen LogP contribution in [0.2, 0.25) is 0 Å². The van der Waals surface area contributed by atoms with Crippen LogP contribution in [0.4, 0.5) is 0 Å². The Morgan fingerprint density at radius 1 is 1.16 bits per heavy atom. The van der Waals surface area contributed by atoms with Crippen LogP contribution < -0.4 is 0 Å². The highest BCUT2D eigenvalue weighted by molar-refractivity contribution is 9.10. The van der Waals surface area contributed by atoms with Crippen molar-refractivity contribution in [3.63, 3.8) is 0 Å². The molecule has 0 aliphatic heterocycles. The molecule has 1 heterocycles. The number of aryl methyl sites for hydroxylation is 1. The van der Waals surface area contributed by atoms with Crippen molar-refractivity contribution < 1.29 is 4.42 Å². The lowest BCUT2D eigenvalue weighted by Crippen LogP contribution is -2.04. The second-order valence-electron chi connectivity index (χ2n) is 5.26. The molecule has 1 fully saturated rings. The largest absolute Gasteiger partial charge is 0.420 e. The van der Waals surface area contributed by atoms with E-state index in [4.69, 9.17) is 4.42 Å². The van der Waals surface area contributed by atoms with E-state index in [-0.39, 0.29) is 0 Å². The van der Waals surface area contributed by atoms with E-state index in [9.17, 15) is 0 Å². The summed E-state index contributed by atoms with van der Waals surface area (Å²) in [5.74, 6) is 1.88. The summed E-state index contributed by atoms with van der Waals surface area (Å²) in [6.45, 7) is 2.07. The van der Waals surface area contributed by atoms with Gasteiger partial charge in [-0.15, -0.1) is 10.2 Å². The Balaban J connectivity index is 1.87. The SMILES string of the molecule is Cc1ccc(-c2nnc(C3CCCCC3)o2)c(Br)c1. The van der Waals surface area contributed by atoms with Gasteiger partial charge in [0, 0.05) is 10.4 Å². The minimum absolute atomic E-state index is 0.458. The Bertz CT molecular complexity index is 573. The summed E-state index contributed by atoms with van der Waals surface area (Å²) in [5.41, 5.74) is 2.18. The third-order valence-corrected chi connectivity index (χ3v) is 4.41. The first kappa shape index (κ1) is 12.9. The first-order chi connectivity index (χ1) is 9.24. The summed E-state index contributed by atoms with van der Waals surface area (Å²) >= 11 is 3.56. The van der Waals surface area contributed by atoms with Crippen LogP contribution in [-0.2, 0) is 0 Å². The van der Waals surface area contributed by atoms with Crippen LogP contribution >= 0.6 is 15.9 Å². The minimum Gasteiger partial charge on any atom is -0.420 e. The summed E-state index contributed by atoms with van der Waals surface area (Å²) in [4.78, 5) is 0. The van der Waals surface area contributed by atoms with E-state index < -0.39 is 0 Å². The van der Waals surface area contributed by atoms with Gasteiger partial charge in [0.1, 0.15) is 0 Å². The highest BCUT2D eigenvalue weighted by Crippen LogP contribution is 2.34. The first-order valence-electron chi connectivity index (χ1n) is 6.84. The normalized spacial score (nSPS) is 16.7. The van der Waals surface area contributed by atoms with Gasteiger partial charge < -0.3 is 4.42 Å². The van der Waals surface area contributed by atoms with Crippen LogP contribution in [0.3, 0.4) is 0 Å². The number of hydrogen-bond donors (Lipinski definition) is 0. The summed E-state index contributed by atoms with van der Waals surface area (Å²) in [5, 5.41) is 8.45. The molecule has 3 rings (SSSR count). The van der Waals surface area contributed by atoms with Crippen LogP contribution in [0, 0.1) is 6.92 Å². The van der Waals surface area contributed by atoms with Crippen molar-refractivity contribution in [2.24, 2.45) is 0 Å². The summed E-state index contributed by atoms with van der Waals surface area (Å²) < 4.78 is 6.88. The molecule has 0 saturated heterocycles. The highest BCUT2D eigenvalue weighted by atomic mass is 79.9. The van der Waals surface area contributed by atoms with E-state index in [0.29, 0.717) is 11.8 Å². The highest BCUT2D eigenvalue weighted by Gasteiger charge is 2.22. The second-order valence-corrected chi connectivity index (χ2v) is 6.12. The van der Waals surface area contributed by atoms with E-state index in [2.05, 4.69) is 45.2 Å². The molecule has 1 aromatic carbocycles. The predicted molar refractivity (Wildman–Crippen MR) is 78.0 cm³/mol. The quantitative estimate of drug-likeness (QED) is 0.793. The van der Waals surface area contributed by atoms with Gasteiger partial charge in [0.05, 0.1) is 5.56 Å². The topological polar surface area (TPSA) is 38.9 Å². The van der Waals surface area contributed by atoms with Gasteiger partial charge in [0.15, 0.2) is 0 Å². The fourth-order valence-electron chi connectivity index (χ4n) is 2.65. The number of aromatic nitrogens is 2. The van der Waals surface area contributed by atoms with Crippen molar-refractivity contribution in [3.05, 3.63) is 34.1 Å². The minimum atomic E-state index is 0.458. The predicted octanol–water partition coefficient (Wildman–Crippen LogP) is 4.86. The maximum atomic E-state index is 5.88. The van der Waals surface area contributed by atoms with E-state index in [1.54, 1.807) is 0 Å². The monoisotopic (exact) mass is 320 g/mol. The number of halogens is 1. The van der Waals surface area contributed by atoms with Gasteiger partial charge >= 0.3 is 0 Å². The fraction of sp³-hybridized carbons (Fsp3) is 0.467. The maximum absolute atomic E-state index is 5.88. The Morgan fingerprint density at radius 2 is 1.95 bits per heavy atom. The zero-order valence-corrected chi connectivity index (χ0v) is 12.6. The van der Waals surface area contributed by atoms with Gasteiger partial charge in [-0.2, -0.15) is 0 Å². The lowest BCUT2D eigenvalue weighted by Gasteiger charge is -2.17. The van der Waals surface area contributed by atoms with Crippen molar-refractivity contribution in [1.29, 1.82) is 0 Å². The molecule has 19 heavy (non-hydrogen) atoms. The third-order valence-electron chi connectivity index (χ3n) is 3.75. The van der Waals surface area contributed by atoms with Crippen LogP contribution in [-0.4, -0.2) is 10.2 Å². The van der Waals surface area contributed by atoms with Gasteiger partial charge in [-0.1, -0.05) is 25.3 Å². The van der Waals surface area contributed by atoms with Crippen molar-refractivity contribution in [2.45, 2.75) is 44.9 Å².